The fraction of sp³-hybridized carbons (Fsp3) is 0.385. The van der Waals surface area contributed by atoms with Crippen LogP contribution in [0.25, 0.3) is 0 Å². The van der Waals surface area contributed by atoms with Crippen LogP contribution in [0.1, 0.15) is 18.4 Å². The van der Waals surface area contributed by atoms with Crippen molar-refractivity contribution in [2.75, 3.05) is 13.1 Å². The van der Waals surface area contributed by atoms with E-state index in [-0.39, 0.29) is 30.8 Å². The molecular weight excluding hydrogens is 266 g/mol. The number of carbonyl (C=O) groups excluding carboxylic acids is 2. The molecule has 0 aliphatic carbocycles. The van der Waals surface area contributed by atoms with E-state index < -0.39 is 10.0 Å². The lowest BCUT2D eigenvalue weighted by Crippen LogP contribution is -2.33. The second kappa shape index (κ2) is 7.16. The molecule has 1 aromatic carbocycles. The van der Waals surface area contributed by atoms with Gasteiger partial charge in [-0.1, -0.05) is 17.7 Å². The lowest BCUT2D eigenvalue weighted by molar-refractivity contribution is -0.108. The van der Waals surface area contributed by atoms with Gasteiger partial charge in [0.1, 0.15) is 12.6 Å². The van der Waals surface area contributed by atoms with Gasteiger partial charge in [-0.3, -0.25) is 0 Å². The minimum atomic E-state index is -3.65. The van der Waals surface area contributed by atoms with Gasteiger partial charge in [0.2, 0.25) is 10.0 Å². The molecule has 0 fully saturated rings. The predicted molar refractivity (Wildman–Crippen MR) is 71.3 cm³/mol. The highest BCUT2D eigenvalue weighted by atomic mass is 32.2. The molecule has 0 unspecified atom stereocenters. The largest absolute Gasteiger partial charge is 0.303 e. The molecule has 0 heterocycles. The molecule has 104 valence electrons. The molecule has 5 nitrogen and oxygen atoms in total. The molecule has 0 spiro atoms. The van der Waals surface area contributed by atoms with Gasteiger partial charge in [-0.05, 0) is 19.1 Å². The molecule has 19 heavy (non-hydrogen) atoms. The Labute approximate surface area is 113 Å². The van der Waals surface area contributed by atoms with E-state index in [2.05, 4.69) is 0 Å². The molecule has 0 saturated carbocycles. The zero-order chi connectivity index (χ0) is 14.3. The summed E-state index contributed by atoms with van der Waals surface area (Å²) in [5, 5.41) is 0. The molecule has 1 aromatic rings. The first-order valence-electron chi connectivity index (χ1n) is 5.96. The van der Waals surface area contributed by atoms with Gasteiger partial charge in [0, 0.05) is 25.9 Å². The summed E-state index contributed by atoms with van der Waals surface area (Å²) in [6.45, 7) is 2.05. The van der Waals surface area contributed by atoms with Gasteiger partial charge in [0.05, 0.1) is 4.90 Å². The van der Waals surface area contributed by atoms with E-state index in [1.54, 1.807) is 12.1 Å². The third kappa shape index (κ3) is 4.25. The van der Waals surface area contributed by atoms with E-state index in [0.717, 1.165) is 5.56 Å². The van der Waals surface area contributed by atoms with E-state index in [1.807, 2.05) is 6.92 Å². The second-order valence-electron chi connectivity index (χ2n) is 4.13. The number of carbonyl (C=O) groups is 2. The fourth-order valence-corrected chi connectivity index (χ4v) is 3.07. The summed E-state index contributed by atoms with van der Waals surface area (Å²) in [4.78, 5) is 21.0. The van der Waals surface area contributed by atoms with E-state index in [4.69, 9.17) is 0 Å². The first-order chi connectivity index (χ1) is 9.02. The Morgan fingerprint density at radius 3 is 1.89 bits per heavy atom. The number of aldehydes is 2. The number of hydrogen-bond acceptors (Lipinski definition) is 4. The third-order valence-electron chi connectivity index (χ3n) is 2.65. The minimum Gasteiger partial charge on any atom is -0.303 e. The van der Waals surface area contributed by atoms with Crippen LogP contribution >= 0.6 is 0 Å². The van der Waals surface area contributed by atoms with E-state index in [9.17, 15) is 18.0 Å². The van der Waals surface area contributed by atoms with Crippen LogP contribution < -0.4 is 0 Å². The average Bonchev–Trinajstić information content (AvgIpc) is 2.39. The van der Waals surface area contributed by atoms with Gasteiger partial charge in [-0.25, -0.2) is 8.42 Å². The summed E-state index contributed by atoms with van der Waals surface area (Å²) in [5.74, 6) is 0. The number of nitrogens with zero attached hydrogens (tertiary/aromatic N) is 1. The average molecular weight is 283 g/mol. The Balaban J connectivity index is 2.99. The second-order valence-corrected chi connectivity index (χ2v) is 6.07. The Kier molecular flexibility index (Phi) is 5.85. The van der Waals surface area contributed by atoms with Gasteiger partial charge in [0.15, 0.2) is 0 Å². The van der Waals surface area contributed by atoms with Crippen molar-refractivity contribution in [3.63, 3.8) is 0 Å². The zero-order valence-electron chi connectivity index (χ0n) is 10.8. The van der Waals surface area contributed by atoms with Crippen molar-refractivity contribution >= 4 is 22.6 Å². The van der Waals surface area contributed by atoms with Gasteiger partial charge in [-0.15, -0.1) is 0 Å². The van der Waals surface area contributed by atoms with E-state index >= 15 is 0 Å². The quantitative estimate of drug-likeness (QED) is 0.671. The summed E-state index contributed by atoms with van der Waals surface area (Å²) < 4.78 is 25.9. The Morgan fingerprint density at radius 2 is 1.47 bits per heavy atom. The molecule has 0 N–H and O–H groups in total. The summed E-state index contributed by atoms with van der Waals surface area (Å²) in [5.41, 5.74) is 0.964. The van der Waals surface area contributed by atoms with Crippen molar-refractivity contribution in [3.8, 4) is 0 Å². The molecule has 0 bridgehead atoms. The van der Waals surface area contributed by atoms with Gasteiger partial charge >= 0.3 is 0 Å². The number of benzene rings is 1. The molecular formula is C13H17NO4S. The molecule has 0 saturated heterocycles. The minimum absolute atomic E-state index is 0.0908. The standard InChI is InChI=1S/C13H17NO4S/c1-12-4-6-13(7-5-12)19(17,18)14(8-2-10-15)9-3-11-16/h4-7,10-11H,2-3,8-9H2,1H3. The van der Waals surface area contributed by atoms with Crippen molar-refractivity contribution in [1.29, 1.82) is 0 Å². The molecule has 0 radical (unpaired) electrons. The van der Waals surface area contributed by atoms with Gasteiger partial charge < -0.3 is 9.59 Å². The smallest absolute Gasteiger partial charge is 0.243 e. The maximum atomic E-state index is 12.3. The van der Waals surface area contributed by atoms with Gasteiger partial charge in [-0.2, -0.15) is 4.31 Å². The molecule has 6 heteroatoms. The summed E-state index contributed by atoms with van der Waals surface area (Å²) >= 11 is 0. The van der Waals surface area contributed by atoms with Crippen molar-refractivity contribution in [2.24, 2.45) is 0 Å². The van der Waals surface area contributed by atoms with E-state index in [1.165, 1.54) is 16.4 Å². The molecule has 0 aliphatic rings. The molecule has 0 aromatic heterocycles. The number of hydrogen-bond donors (Lipinski definition) is 0. The van der Waals surface area contributed by atoms with Crippen molar-refractivity contribution in [3.05, 3.63) is 29.8 Å². The number of aryl methyl sites for hydroxylation is 1. The highest BCUT2D eigenvalue weighted by Gasteiger charge is 2.23. The van der Waals surface area contributed by atoms with Crippen LogP contribution in [0.3, 0.4) is 0 Å². The zero-order valence-corrected chi connectivity index (χ0v) is 11.6. The van der Waals surface area contributed by atoms with Crippen LogP contribution in [0, 0.1) is 6.92 Å². The first kappa shape index (κ1) is 15.5. The van der Waals surface area contributed by atoms with Crippen molar-refractivity contribution in [2.45, 2.75) is 24.7 Å². The maximum Gasteiger partial charge on any atom is 0.243 e. The highest BCUT2D eigenvalue weighted by Crippen LogP contribution is 2.16. The van der Waals surface area contributed by atoms with Crippen LogP contribution in [0.2, 0.25) is 0 Å². The van der Waals surface area contributed by atoms with Crippen molar-refractivity contribution in [1.82, 2.24) is 4.31 Å². The Morgan fingerprint density at radius 1 is 1.00 bits per heavy atom. The van der Waals surface area contributed by atoms with Crippen molar-refractivity contribution < 1.29 is 18.0 Å². The van der Waals surface area contributed by atoms with Crippen LogP contribution in [0.5, 0.6) is 0 Å². The van der Waals surface area contributed by atoms with Crippen LogP contribution in [0.4, 0.5) is 0 Å². The molecule has 0 atom stereocenters. The molecule has 0 aliphatic heterocycles. The first-order valence-corrected chi connectivity index (χ1v) is 7.40. The van der Waals surface area contributed by atoms with Crippen LogP contribution in [0.15, 0.2) is 29.2 Å². The summed E-state index contributed by atoms with van der Waals surface area (Å²) in [6, 6.07) is 6.48. The fourth-order valence-electron chi connectivity index (χ4n) is 1.60. The lowest BCUT2D eigenvalue weighted by Gasteiger charge is -2.20. The number of rotatable bonds is 8. The SMILES string of the molecule is Cc1ccc(S(=O)(=O)N(CCC=O)CCC=O)cc1. The Hall–Kier alpha value is -1.53. The number of sulfonamides is 1. The van der Waals surface area contributed by atoms with Gasteiger partial charge in [0.25, 0.3) is 0 Å². The molecule has 1 rings (SSSR count). The summed E-state index contributed by atoms with van der Waals surface area (Å²) in [7, 11) is -3.65. The third-order valence-corrected chi connectivity index (χ3v) is 4.56. The topological polar surface area (TPSA) is 71.5 Å². The lowest BCUT2D eigenvalue weighted by atomic mass is 10.2. The van der Waals surface area contributed by atoms with Crippen LogP contribution in [-0.2, 0) is 19.6 Å². The van der Waals surface area contributed by atoms with E-state index in [0.29, 0.717) is 12.6 Å². The van der Waals surface area contributed by atoms with Crippen LogP contribution in [-0.4, -0.2) is 38.4 Å². The predicted octanol–water partition coefficient (Wildman–Crippen LogP) is 1.16. The summed E-state index contributed by atoms with van der Waals surface area (Å²) in [6.07, 6.45) is 1.56. The normalized spacial score (nSPS) is 11.5. The molecule has 0 amide bonds. The monoisotopic (exact) mass is 283 g/mol. The highest BCUT2D eigenvalue weighted by molar-refractivity contribution is 7.89. The maximum absolute atomic E-state index is 12.3. The Bertz CT molecular complexity index is 510.